The summed E-state index contributed by atoms with van der Waals surface area (Å²) in [6, 6.07) is 2.05. The molecule has 2 rings (SSSR count). The monoisotopic (exact) mass is 232 g/mol. The molecule has 0 amide bonds. The number of aryl methyl sites for hydroxylation is 1. The highest BCUT2D eigenvalue weighted by Crippen LogP contribution is 2.36. The zero-order valence-corrected chi connectivity index (χ0v) is 10.5. The summed E-state index contributed by atoms with van der Waals surface area (Å²) in [7, 11) is 1.68. The van der Waals surface area contributed by atoms with Crippen LogP contribution < -0.4 is 10.5 Å². The van der Waals surface area contributed by atoms with Crippen LogP contribution in [0.2, 0.25) is 0 Å². The Morgan fingerprint density at radius 1 is 1.18 bits per heavy atom. The van der Waals surface area contributed by atoms with Gasteiger partial charge in [0.2, 0.25) is 5.88 Å². The standard InChI is InChI=1S/C13H16N2O2/c1-7-5-10(11-6-15-17-13(11)14)8(2)9(3)12(7)16-4/h5-6H,14H2,1-4H3. The zero-order valence-electron chi connectivity index (χ0n) is 10.5. The van der Waals surface area contributed by atoms with Crippen molar-refractivity contribution in [2.75, 3.05) is 12.8 Å². The molecule has 0 saturated carbocycles. The Morgan fingerprint density at radius 2 is 1.88 bits per heavy atom. The molecule has 1 aromatic carbocycles. The molecule has 0 aliphatic rings. The molecule has 4 heteroatoms. The van der Waals surface area contributed by atoms with Crippen LogP contribution in [0.1, 0.15) is 16.7 Å². The second kappa shape index (κ2) is 4.13. The largest absolute Gasteiger partial charge is 0.496 e. The van der Waals surface area contributed by atoms with E-state index in [9.17, 15) is 0 Å². The molecule has 0 atom stereocenters. The van der Waals surface area contributed by atoms with Gasteiger partial charge in [-0.25, -0.2) is 0 Å². The van der Waals surface area contributed by atoms with Crippen LogP contribution in [0.4, 0.5) is 5.88 Å². The summed E-state index contributed by atoms with van der Waals surface area (Å²) in [5.74, 6) is 1.26. The number of hydrogen-bond donors (Lipinski definition) is 1. The first-order chi connectivity index (χ1) is 8.06. The maximum Gasteiger partial charge on any atom is 0.229 e. The Morgan fingerprint density at radius 3 is 2.41 bits per heavy atom. The van der Waals surface area contributed by atoms with Crippen LogP contribution in [0.3, 0.4) is 0 Å². The Bertz CT molecular complexity index is 559. The fraction of sp³-hybridized carbons (Fsp3) is 0.308. The molecule has 0 unspecified atom stereocenters. The lowest BCUT2D eigenvalue weighted by atomic mass is 9.95. The number of aromatic nitrogens is 1. The highest BCUT2D eigenvalue weighted by molar-refractivity contribution is 5.77. The minimum absolute atomic E-state index is 0.345. The van der Waals surface area contributed by atoms with Crippen LogP contribution in [0.5, 0.6) is 5.75 Å². The van der Waals surface area contributed by atoms with Crippen molar-refractivity contribution in [1.29, 1.82) is 0 Å². The van der Waals surface area contributed by atoms with E-state index in [2.05, 4.69) is 5.16 Å². The second-order valence-electron chi connectivity index (χ2n) is 4.13. The Hall–Kier alpha value is -1.97. The third-order valence-electron chi connectivity index (χ3n) is 3.12. The zero-order chi connectivity index (χ0) is 12.6. The highest BCUT2D eigenvalue weighted by Gasteiger charge is 2.15. The van der Waals surface area contributed by atoms with Crippen molar-refractivity contribution in [3.05, 3.63) is 29.0 Å². The number of anilines is 1. The van der Waals surface area contributed by atoms with Gasteiger partial charge in [0.25, 0.3) is 0 Å². The summed E-state index contributed by atoms with van der Waals surface area (Å²) in [6.07, 6.45) is 1.64. The van der Waals surface area contributed by atoms with Gasteiger partial charge in [-0.2, -0.15) is 0 Å². The lowest BCUT2D eigenvalue weighted by Crippen LogP contribution is -1.97. The first kappa shape index (κ1) is 11.5. The first-order valence-electron chi connectivity index (χ1n) is 5.41. The molecule has 0 spiro atoms. The van der Waals surface area contributed by atoms with Gasteiger partial charge in [0.1, 0.15) is 5.75 Å². The molecule has 1 aromatic heterocycles. The van der Waals surface area contributed by atoms with E-state index in [0.29, 0.717) is 5.88 Å². The molecule has 0 fully saturated rings. The van der Waals surface area contributed by atoms with Crippen molar-refractivity contribution >= 4 is 5.88 Å². The topological polar surface area (TPSA) is 61.3 Å². The summed E-state index contributed by atoms with van der Waals surface area (Å²) in [6.45, 7) is 6.09. The Kier molecular flexibility index (Phi) is 2.79. The molecule has 2 N–H and O–H groups in total. The van der Waals surface area contributed by atoms with Gasteiger partial charge >= 0.3 is 0 Å². The van der Waals surface area contributed by atoms with Gasteiger partial charge in [-0.15, -0.1) is 0 Å². The molecule has 0 saturated heterocycles. The Balaban J connectivity index is 2.69. The predicted molar refractivity (Wildman–Crippen MR) is 67.1 cm³/mol. The maximum atomic E-state index is 5.75. The van der Waals surface area contributed by atoms with E-state index < -0.39 is 0 Å². The molecular formula is C13H16N2O2. The summed E-state index contributed by atoms with van der Waals surface area (Å²) in [5.41, 5.74) is 10.9. The van der Waals surface area contributed by atoms with Crippen LogP contribution >= 0.6 is 0 Å². The highest BCUT2D eigenvalue weighted by atomic mass is 16.5. The minimum atomic E-state index is 0.345. The van der Waals surface area contributed by atoms with Crippen molar-refractivity contribution < 1.29 is 9.26 Å². The van der Waals surface area contributed by atoms with Gasteiger partial charge in [0.15, 0.2) is 0 Å². The smallest absolute Gasteiger partial charge is 0.229 e. The van der Waals surface area contributed by atoms with E-state index in [1.807, 2.05) is 26.8 Å². The predicted octanol–water partition coefficient (Wildman–Crippen LogP) is 2.86. The molecule has 0 aliphatic heterocycles. The fourth-order valence-corrected chi connectivity index (χ4v) is 2.10. The number of nitrogen functional groups attached to an aromatic ring is 1. The van der Waals surface area contributed by atoms with Gasteiger partial charge in [-0.1, -0.05) is 5.16 Å². The summed E-state index contributed by atoms with van der Waals surface area (Å²) in [5, 5.41) is 3.71. The van der Waals surface area contributed by atoms with Crippen molar-refractivity contribution in [3.8, 4) is 16.9 Å². The molecule has 17 heavy (non-hydrogen) atoms. The van der Waals surface area contributed by atoms with E-state index >= 15 is 0 Å². The van der Waals surface area contributed by atoms with Crippen molar-refractivity contribution in [1.82, 2.24) is 5.16 Å². The van der Waals surface area contributed by atoms with Crippen LogP contribution in [0, 0.1) is 20.8 Å². The molecule has 1 heterocycles. The minimum Gasteiger partial charge on any atom is -0.496 e. The van der Waals surface area contributed by atoms with E-state index in [1.54, 1.807) is 13.3 Å². The van der Waals surface area contributed by atoms with Crippen molar-refractivity contribution in [2.24, 2.45) is 0 Å². The summed E-state index contributed by atoms with van der Waals surface area (Å²) >= 11 is 0. The van der Waals surface area contributed by atoms with E-state index in [0.717, 1.165) is 33.6 Å². The van der Waals surface area contributed by atoms with Crippen LogP contribution in [0.15, 0.2) is 16.8 Å². The number of hydrogen-bond acceptors (Lipinski definition) is 4. The SMILES string of the molecule is COc1c(C)cc(-c2cnoc2N)c(C)c1C. The van der Waals surface area contributed by atoms with E-state index in [-0.39, 0.29) is 0 Å². The number of methoxy groups -OCH3 is 1. The molecule has 4 nitrogen and oxygen atoms in total. The molecular weight excluding hydrogens is 216 g/mol. The lowest BCUT2D eigenvalue weighted by molar-refractivity contribution is 0.408. The van der Waals surface area contributed by atoms with Gasteiger partial charge in [-0.05, 0) is 49.1 Å². The van der Waals surface area contributed by atoms with Gasteiger partial charge in [0.05, 0.1) is 18.9 Å². The number of benzene rings is 1. The third kappa shape index (κ3) is 1.75. The van der Waals surface area contributed by atoms with Gasteiger partial charge in [0, 0.05) is 0 Å². The third-order valence-corrected chi connectivity index (χ3v) is 3.12. The number of nitrogens with zero attached hydrogens (tertiary/aromatic N) is 1. The quantitative estimate of drug-likeness (QED) is 0.864. The molecule has 0 radical (unpaired) electrons. The van der Waals surface area contributed by atoms with Gasteiger partial charge in [-0.3, -0.25) is 0 Å². The number of nitrogens with two attached hydrogens (primary N) is 1. The van der Waals surface area contributed by atoms with Crippen molar-refractivity contribution in [2.45, 2.75) is 20.8 Å². The van der Waals surface area contributed by atoms with Crippen LogP contribution in [0.25, 0.3) is 11.1 Å². The average molecular weight is 232 g/mol. The fourth-order valence-electron chi connectivity index (χ4n) is 2.10. The van der Waals surface area contributed by atoms with E-state index in [1.165, 1.54) is 0 Å². The maximum absolute atomic E-state index is 5.75. The molecule has 0 bridgehead atoms. The van der Waals surface area contributed by atoms with E-state index in [4.69, 9.17) is 15.0 Å². The normalized spacial score (nSPS) is 10.6. The summed E-state index contributed by atoms with van der Waals surface area (Å²) in [4.78, 5) is 0. The molecule has 90 valence electrons. The Labute approximate surface area is 100 Å². The van der Waals surface area contributed by atoms with Crippen LogP contribution in [-0.2, 0) is 0 Å². The molecule has 2 aromatic rings. The van der Waals surface area contributed by atoms with Crippen LogP contribution in [-0.4, -0.2) is 12.3 Å². The average Bonchev–Trinajstić information content (AvgIpc) is 2.71. The van der Waals surface area contributed by atoms with Crippen molar-refractivity contribution in [3.63, 3.8) is 0 Å². The second-order valence-corrected chi connectivity index (χ2v) is 4.13. The molecule has 0 aliphatic carbocycles. The first-order valence-corrected chi connectivity index (χ1v) is 5.41. The lowest BCUT2D eigenvalue weighted by Gasteiger charge is -2.14. The number of rotatable bonds is 2. The summed E-state index contributed by atoms with van der Waals surface area (Å²) < 4.78 is 10.3. The van der Waals surface area contributed by atoms with Gasteiger partial charge < -0.3 is 15.0 Å². The number of ether oxygens (including phenoxy) is 1.